The van der Waals surface area contributed by atoms with Gasteiger partial charge in [0.1, 0.15) is 14.1 Å². The van der Waals surface area contributed by atoms with Gasteiger partial charge in [0.05, 0.1) is 11.1 Å². The number of hydrogen-bond acceptors (Lipinski definition) is 0. The van der Waals surface area contributed by atoms with E-state index in [9.17, 15) is 0 Å². The van der Waals surface area contributed by atoms with Crippen LogP contribution in [0.5, 0.6) is 0 Å². The molecule has 5 heteroatoms. The van der Waals surface area contributed by atoms with E-state index < -0.39 is 0 Å². The Hall–Kier alpha value is -2.42. The van der Waals surface area contributed by atoms with Crippen LogP contribution in [0.15, 0.2) is 96.2 Å². The zero-order valence-corrected chi connectivity index (χ0v) is 30.6. The zero-order valence-electron chi connectivity index (χ0n) is 28.1. The van der Waals surface area contributed by atoms with Crippen LogP contribution in [0.1, 0.15) is 108 Å². The third-order valence-electron chi connectivity index (χ3n) is 8.53. The molecule has 0 atom stereocenters. The first-order valence-electron chi connectivity index (χ1n) is 15.6. The first kappa shape index (κ1) is 36.1. The molecule has 0 heterocycles. The summed E-state index contributed by atoms with van der Waals surface area (Å²) in [5, 5.41) is 0. The fraction of sp³-hybridized carbons (Fsp3) is 0.385. The number of hydrogen-bond donors (Lipinski definition) is 0. The van der Waals surface area contributed by atoms with Crippen molar-refractivity contribution in [2.45, 2.75) is 85.5 Å². The predicted octanol–water partition coefficient (Wildman–Crippen LogP) is 11.6. The van der Waals surface area contributed by atoms with E-state index in [4.69, 9.17) is 0 Å². The van der Waals surface area contributed by atoms with Crippen LogP contribution in [0.3, 0.4) is 0 Å². The molecule has 0 saturated heterocycles. The number of halogens is 2. The fourth-order valence-electron chi connectivity index (χ4n) is 6.48. The summed E-state index contributed by atoms with van der Waals surface area (Å²) in [5.74, 6) is 1.64. The molecule has 0 radical (unpaired) electrons. The molecule has 0 spiro atoms. The monoisotopic (exact) mass is 679 g/mol. The van der Waals surface area contributed by atoms with Crippen molar-refractivity contribution in [3.63, 3.8) is 0 Å². The SMILES string of the molecule is C=C/C=C\C1=C2CC=CC=C2C(=[N+](C)c2c(C(C)C)cccc2C(C)C)C1=[N+](C)c1c(C(C)C)cccc1C(C)C.[Cl][Cu][Cl]. The Bertz CT molecular complexity index is 1510. The van der Waals surface area contributed by atoms with Gasteiger partial charge in [0.15, 0.2) is 0 Å². The van der Waals surface area contributed by atoms with Crippen LogP contribution in [0, 0.1) is 0 Å². The molecular weight excluding hydrogens is 631 g/mol. The van der Waals surface area contributed by atoms with Gasteiger partial charge in [-0.25, -0.2) is 0 Å². The van der Waals surface area contributed by atoms with Gasteiger partial charge in [0.2, 0.25) is 11.4 Å². The van der Waals surface area contributed by atoms with Crippen LogP contribution >= 0.6 is 20.2 Å². The molecule has 0 N–H and O–H groups in total. The standard InChI is InChI=1S/C39H50N2.2ClH.Cu/c1-12-13-18-34-33-19-14-15-20-35(33)39(41(11)37-31(27(6)7)23-17-24-32(37)28(8)9)38(34)40(10)36-29(25(2)3)21-16-22-30(36)26(4)5;;;/h12-18,20-28H,1,19H2,2-11H3;2*1H;/q+2;;;+2/p-2/b18-13-,40-38?,41-39?;;;. The summed E-state index contributed by atoms with van der Waals surface area (Å²) in [7, 11) is 13.9. The average Bonchev–Trinajstić information content (AvgIpc) is 3.32. The van der Waals surface area contributed by atoms with E-state index in [2.05, 4.69) is 172 Å². The summed E-state index contributed by atoms with van der Waals surface area (Å²) in [5.41, 5.74) is 14.8. The number of fused-ring (bicyclic) bond motifs is 1. The molecule has 239 valence electrons. The summed E-state index contributed by atoms with van der Waals surface area (Å²) in [6, 6.07) is 13.7. The van der Waals surface area contributed by atoms with Crippen molar-refractivity contribution in [2.75, 3.05) is 14.1 Å². The topological polar surface area (TPSA) is 6.02 Å². The summed E-state index contributed by atoms with van der Waals surface area (Å²) in [6.07, 6.45) is 14.0. The third-order valence-corrected chi connectivity index (χ3v) is 8.53. The molecule has 0 aliphatic heterocycles. The van der Waals surface area contributed by atoms with E-state index in [1.807, 2.05) is 6.08 Å². The maximum absolute atomic E-state index is 4.67. The predicted molar refractivity (Wildman–Crippen MR) is 191 cm³/mol. The first-order chi connectivity index (χ1) is 20.9. The Morgan fingerprint density at radius 2 is 1.14 bits per heavy atom. The summed E-state index contributed by atoms with van der Waals surface area (Å²) >= 11 is 0.757. The minimum atomic E-state index is 0.409. The number of allylic oxidation sites excluding steroid dienone is 9. The van der Waals surface area contributed by atoms with Crippen molar-refractivity contribution < 1.29 is 22.3 Å². The van der Waals surface area contributed by atoms with Crippen LogP contribution < -0.4 is 0 Å². The molecule has 4 rings (SSSR count). The van der Waals surface area contributed by atoms with Crippen molar-refractivity contribution in [1.29, 1.82) is 0 Å². The minimum absolute atomic E-state index is 0.409. The Morgan fingerprint density at radius 1 is 0.727 bits per heavy atom. The summed E-state index contributed by atoms with van der Waals surface area (Å²) < 4.78 is 5.00. The van der Waals surface area contributed by atoms with Gasteiger partial charge in [-0.2, -0.15) is 9.15 Å². The van der Waals surface area contributed by atoms with Gasteiger partial charge in [-0.05, 0) is 47.8 Å². The van der Waals surface area contributed by atoms with Gasteiger partial charge in [-0.15, -0.1) is 0 Å². The molecule has 0 fully saturated rings. The van der Waals surface area contributed by atoms with Crippen LogP contribution in [0.2, 0.25) is 0 Å². The van der Waals surface area contributed by atoms with Crippen molar-refractivity contribution in [1.82, 2.24) is 0 Å². The first-order valence-corrected chi connectivity index (χ1v) is 18.2. The molecule has 2 aliphatic rings. The van der Waals surface area contributed by atoms with Crippen molar-refractivity contribution in [3.05, 3.63) is 118 Å². The number of para-hydroxylation sites is 2. The van der Waals surface area contributed by atoms with E-state index in [1.54, 1.807) is 0 Å². The Labute approximate surface area is 281 Å². The number of benzene rings is 2. The second-order valence-electron chi connectivity index (χ2n) is 12.7. The van der Waals surface area contributed by atoms with E-state index >= 15 is 0 Å². The summed E-state index contributed by atoms with van der Waals surface area (Å²) in [4.78, 5) is 0. The molecule has 0 saturated carbocycles. The molecule has 0 bridgehead atoms. The molecule has 0 aromatic heterocycles. The van der Waals surface area contributed by atoms with E-state index in [0.717, 1.165) is 19.6 Å². The second kappa shape index (κ2) is 16.2. The van der Waals surface area contributed by atoms with Crippen LogP contribution in [0.25, 0.3) is 0 Å². The van der Waals surface area contributed by atoms with Crippen molar-refractivity contribution in [2.24, 2.45) is 0 Å². The molecule has 2 aromatic carbocycles. The average molecular weight is 681 g/mol. The van der Waals surface area contributed by atoms with Gasteiger partial charge < -0.3 is 0 Å². The molecule has 0 unspecified atom stereocenters. The van der Waals surface area contributed by atoms with Crippen LogP contribution in [0.4, 0.5) is 11.4 Å². The van der Waals surface area contributed by atoms with Crippen LogP contribution in [-0.2, 0) is 13.1 Å². The van der Waals surface area contributed by atoms with Gasteiger partial charge >= 0.3 is 33.3 Å². The second-order valence-corrected chi connectivity index (χ2v) is 14.3. The van der Waals surface area contributed by atoms with E-state index in [0.29, 0.717) is 23.7 Å². The van der Waals surface area contributed by atoms with Gasteiger partial charge in [-0.3, -0.25) is 0 Å². The van der Waals surface area contributed by atoms with Gasteiger partial charge in [-0.1, -0.05) is 123 Å². The Kier molecular flexibility index (Phi) is 13.3. The van der Waals surface area contributed by atoms with Crippen LogP contribution in [-0.4, -0.2) is 34.7 Å². The molecule has 44 heavy (non-hydrogen) atoms. The quantitative estimate of drug-likeness (QED) is 0.149. The summed E-state index contributed by atoms with van der Waals surface area (Å²) in [6.45, 7) is 22.5. The molecule has 2 aliphatic carbocycles. The molecule has 2 nitrogen and oxygen atoms in total. The Morgan fingerprint density at radius 3 is 1.52 bits per heavy atom. The molecular formula is C39H50Cl2CuN2+2. The fourth-order valence-corrected chi connectivity index (χ4v) is 6.48. The normalized spacial score (nSPS) is 17.1. The van der Waals surface area contributed by atoms with E-state index in [1.165, 1.54) is 61.8 Å². The zero-order chi connectivity index (χ0) is 32.7. The number of nitrogens with zero attached hydrogens (tertiary/aromatic N) is 2. The van der Waals surface area contributed by atoms with Crippen molar-refractivity contribution >= 4 is 43.0 Å². The molecule has 0 amide bonds. The van der Waals surface area contributed by atoms with Crippen molar-refractivity contribution in [3.8, 4) is 0 Å². The van der Waals surface area contributed by atoms with Gasteiger partial charge in [0.25, 0.3) is 11.4 Å². The number of rotatable bonds is 8. The maximum atomic E-state index is 4.67. The molecule has 2 aromatic rings. The Balaban J connectivity index is 0.00000169. The van der Waals surface area contributed by atoms with E-state index in [-0.39, 0.29) is 0 Å². The van der Waals surface area contributed by atoms with Gasteiger partial charge in [0, 0.05) is 22.3 Å². The third kappa shape index (κ3) is 7.51.